The molecule has 2 aromatic rings. The maximum absolute atomic E-state index is 12.4. The van der Waals surface area contributed by atoms with Crippen molar-refractivity contribution in [2.24, 2.45) is 0 Å². The smallest absolute Gasteiger partial charge is 0.387 e. The fourth-order valence-corrected chi connectivity index (χ4v) is 3.19. The van der Waals surface area contributed by atoms with Crippen molar-refractivity contribution < 1.29 is 18.3 Å². The number of ether oxygens (including phenoxy) is 1. The van der Waals surface area contributed by atoms with Crippen LogP contribution in [-0.2, 0) is 4.79 Å². The predicted molar refractivity (Wildman–Crippen MR) is 90.3 cm³/mol. The number of rotatable bonds is 6. The van der Waals surface area contributed by atoms with E-state index in [1.54, 1.807) is 18.2 Å². The third kappa shape index (κ3) is 4.86. The van der Waals surface area contributed by atoms with Gasteiger partial charge in [-0.15, -0.1) is 11.3 Å². The number of thiazole rings is 1. The van der Waals surface area contributed by atoms with Crippen molar-refractivity contribution in [3.63, 3.8) is 0 Å². The molecule has 1 N–H and O–H groups in total. The Bertz CT molecular complexity index is 744. The van der Waals surface area contributed by atoms with Gasteiger partial charge in [0.05, 0.1) is 16.7 Å². The lowest BCUT2D eigenvalue weighted by Gasteiger charge is -2.11. The van der Waals surface area contributed by atoms with Crippen molar-refractivity contribution in [3.05, 3.63) is 51.5 Å². The number of para-hydroxylation sites is 1. The molecule has 0 saturated carbocycles. The summed E-state index contributed by atoms with van der Waals surface area (Å²) in [7, 11) is 0. The largest absolute Gasteiger partial charge is 0.434 e. The first-order valence-electron chi connectivity index (χ1n) is 7.33. The molecule has 1 aromatic carbocycles. The lowest BCUT2D eigenvalue weighted by Crippen LogP contribution is -2.24. The highest BCUT2D eigenvalue weighted by Gasteiger charge is 2.14. The Labute approximate surface area is 143 Å². The van der Waals surface area contributed by atoms with E-state index >= 15 is 0 Å². The van der Waals surface area contributed by atoms with Crippen LogP contribution in [0.2, 0.25) is 0 Å². The van der Waals surface area contributed by atoms with Gasteiger partial charge in [0.15, 0.2) is 0 Å². The molecule has 0 aliphatic carbocycles. The zero-order valence-electron chi connectivity index (χ0n) is 13.5. The van der Waals surface area contributed by atoms with Crippen molar-refractivity contribution in [1.29, 1.82) is 0 Å². The molecule has 0 aliphatic heterocycles. The standard InChI is InChI=1S/C17H18F2N2O2S/c1-10-16(24-12(3)20-10)11(2)21-15(22)9-8-13-6-4-5-7-14(13)23-17(18)19/h4-9,11,17H,1-3H3,(H,21,22)/b9-8+. The third-order valence-corrected chi connectivity index (χ3v) is 4.50. The Balaban J connectivity index is 2.04. The molecule has 4 nitrogen and oxygen atoms in total. The summed E-state index contributed by atoms with van der Waals surface area (Å²) >= 11 is 1.53. The van der Waals surface area contributed by atoms with E-state index in [0.29, 0.717) is 5.56 Å². The minimum Gasteiger partial charge on any atom is -0.434 e. The van der Waals surface area contributed by atoms with E-state index < -0.39 is 6.61 Å². The molecule has 128 valence electrons. The highest BCUT2D eigenvalue weighted by atomic mass is 32.1. The first-order chi connectivity index (χ1) is 11.4. The first kappa shape index (κ1) is 18.1. The number of halogens is 2. The molecule has 24 heavy (non-hydrogen) atoms. The topological polar surface area (TPSA) is 51.2 Å². The van der Waals surface area contributed by atoms with E-state index in [9.17, 15) is 13.6 Å². The predicted octanol–water partition coefficient (Wildman–Crippen LogP) is 4.25. The molecule has 1 heterocycles. The number of benzene rings is 1. The molecule has 1 unspecified atom stereocenters. The van der Waals surface area contributed by atoms with Crippen LogP contribution in [0.25, 0.3) is 6.08 Å². The van der Waals surface area contributed by atoms with Crippen LogP contribution in [0.5, 0.6) is 5.75 Å². The number of carbonyl (C=O) groups is 1. The Morgan fingerprint density at radius 2 is 2.04 bits per heavy atom. The summed E-state index contributed by atoms with van der Waals surface area (Å²) in [6, 6.07) is 6.12. The lowest BCUT2D eigenvalue weighted by molar-refractivity contribution is -0.117. The van der Waals surface area contributed by atoms with Crippen molar-refractivity contribution in [1.82, 2.24) is 10.3 Å². The summed E-state index contributed by atoms with van der Waals surface area (Å²) in [6.45, 7) is 2.77. The molecule has 1 atom stereocenters. The summed E-state index contributed by atoms with van der Waals surface area (Å²) in [6.07, 6.45) is 2.75. The van der Waals surface area contributed by atoms with Gasteiger partial charge in [0.25, 0.3) is 0 Å². The fourth-order valence-electron chi connectivity index (χ4n) is 2.26. The lowest BCUT2D eigenvalue weighted by atomic mass is 10.2. The highest BCUT2D eigenvalue weighted by Crippen LogP contribution is 2.24. The molecule has 2 rings (SSSR count). The van der Waals surface area contributed by atoms with Crippen molar-refractivity contribution in [3.8, 4) is 5.75 Å². The zero-order valence-corrected chi connectivity index (χ0v) is 14.4. The monoisotopic (exact) mass is 352 g/mol. The molecule has 7 heteroatoms. The van der Waals surface area contributed by atoms with Crippen molar-refractivity contribution in [2.45, 2.75) is 33.4 Å². The first-order valence-corrected chi connectivity index (χ1v) is 8.15. The third-order valence-electron chi connectivity index (χ3n) is 3.24. The summed E-state index contributed by atoms with van der Waals surface area (Å²) in [5, 5.41) is 3.78. The second-order valence-corrected chi connectivity index (χ2v) is 6.40. The van der Waals surface area contributed by atoms with E-state index in [-0.39, 0.29) is 17.7 Å². The summed E-state index contributed by atoms with van der Waals surface area (Å²) in [5.41, 5.74) is 1.30. The van der Waals surface area contributed by atoms with Crippen LogP contribution in [0.15, 0.2) is 30.3 Å². The van der Waals surface area contributed by atoms with Crippen LogP contribution >= 0.6 is 11.3 Å². The molecular weight excluding hydrogens is 334 g/mol. The maximum atomic E-state index is 12.4. The molecular formula is C17H18F2N2O2S. The van der Waals surface area contributed by atoms with Gasteiger partial charge in [-0.25, -0.2) is 4.98 Å². The molecule has 0 fully saturated rings. The van der Waals surface area contributed by atoms with Gasteiger partial charge in [0.2, 0.25) is 5.91 Å². The Kier molecular flexibility index (Phi) is 6.03. The second kappa shape index (κ2) is 8.01. The normalized spacial score (nSPS) is 12.6. The molecule has 1 amide bonds. The van der Waals surface area contributed by atoms with Crippen LogP contribution in [0, 0.1) is 13.8 Å². The number of amides is 1. The van der Waals surface area contributed by atoms with Crippen molar-refractivity contribution >= 4 is 23.3 Å². The average Bonchev–Trinajstić information content (AvgIpc) is 2.84. The van der Waals surface area contributed by atoms with Crippen LogP contribution in [0.4, 0.5) is 8.78 Å². The number of nitrogens with one attached hydrogen (secondary N) is 1. The summed E-state index contributed by atoms with van der Waals surface area (Å²) in [5.74, 6) is -0.293. The van der Waals surface area contributed by atoms with Gasteiger partial charge in [-0.1, -0.05) is 18.2 Å². The van der Waals surface area contributed by atoms with E-state index in [1.807, 2.05) is 20.8 Å². The van der Waals surface area contributed by atoms with Gasteiger partial charge >= 0.3 is 6.61 Å². The SMILES string of the molecule is Cc1nc(C)c(C(C)NC(=O)/C=C/c2ccccc2OC(F)F)s1. The number of carbonyl (C=O) groups excluding carboxylic acids is 1. The number of alkyl halides is 2. The highest BCUT2D eigenvalue weighted by molar-refractivity contribution is 7.11. The number of hydrogen-bond acceptors (Lipinski definition) is 4. The Morgan fingerprint density at radius 1 is 1.33 bits per heavy atom. The van der Waals surface area contributed by atoms with Gasteiger partial charge < -0.3 is 10.1 Å². The molecule has 0 radical (unpaired) electrons. The van der Waals surface area contributed by atoms with E-state index in [4.69, 9.17) is 0 Å². The Morgan fingerprint density at radius 3 is 2.67 bits per heavy atom. The summed E-state index contributed by atoms with van der Waals surface area (Å²) < 4.78 is 29.2. The molecule has 0 bridgehead atoms. The number of aryl methyl sites for hydroxylation is 2. The summed E-state index contributed by atoms with van der Waals surface area (Å²) in [4.78, 5) is 17.4. The van der Waals surface area contributed by atoms with Gasteiger partial charge in [0, 0.05) is 16.5 Å². The van der Waals surface area contributed by atoms with Crippen LogP contribution in [0.3, 0.4) is 0 Å². The molecule has 0 saturated heterocycles. The molecule has 0 spiro atoms. The number of aromatic nitrogens is 1. The maximum Gasteiger partial charge on any atom is 0.387 e. The Hall–Kier alpha value is -2.28. The fraction of sp³-hybridized carbons (Fsp3) is 0.294. The average molecular weight is 352 g/mol. The number of hydrogen-bond donors (Lipinski definition) is 1. The van der Waals surface area contributed by atoms with Gasteiger partial charge in [-0.2, -0.15) is 8.78 Å². The van der Waals surface area contributed by atoms with E-state index in [2.05, 4.69) is 15.0 Å². The van der Waals surface area contributed by atoms with Gasteiger partial charge in [-0.05, 0) is 32.9 Å². The van der Waals surface area contributed by atoms with Crippen molar-refractivity contribution in [2.75, 3.05) is 0 Å². The quantitative estimate of drug-likeness (QED) is 0.791. The zero-order chi connectivity index (χ0) is 17.7. The van der Waals surface area contributed by atoms with Gasteiger partial charge in [-0.3, -0.25) is 4.79 Å². The minimum atomic E-state index is -2.91. The minimum absolute atomic E-state index is 0.0264. The van der Waals surface area contributed by atoms with Gasteiger partial charge in [0.1, 0.15) is 5.75 Å². The van der Waals surface area contributed by atoms with E-state index in [1.165, 1.54) is 29.6 Å². The second-order valence-electron chi connectivity index (χ2n) is 5.16. The van der Waals surface area contributed by atoms with E-state index in [0.717, 1.165) is 15.6 Å². The number of nitrogens with zero attached hydrogens (tertiary/aromatic N) is 1. The van der Waals surface area contributed by atoms with Crippen LogP contribution < -0.4 is 10.1 Å². The van der Waals surface area contributed by atoms with Crippen LogP contribution in [0.1, 0.15) is 34.1 Å². The molecule has 0 aliphatic rings. The van der Waals surface area contributed by atoms with Crippen LogP contribution in [-0.4, -0.2) is 17.5 Å². The molecule has 1 aromatic heterocycles.